The Morgan fingerprint density at radius 3 is 1.46 bits per heavy atom. The molecule has 48 heavy (non-hydrogen) atoms. The highest BCUT2D eigenvalue weighted by Crippen LogP contribution is 2.45. The molecule has 4 aliphatic heterocycles. The smallest absolute Gasteiger partial charge is 0.311 e. The number of aliphatic hydroxyl groups excluding tert-OH is 2. The SMILES string of the molecule is C[C@@H](O)C(C(=O)O)[C@H]1[C@@H](C)C(SC2Cn3cnc[n+]3C2)=c2c(=O)n3c(c(=O)n21)=C(SC1Cn2cnc[n+]2C1)[C@H](C)[C@@H]3[C@H](C(=O)O)[C@@H](C)O. The summed E-state index contributed by atoms with van der Waals surface area (Å²) < 4.78 is 10.2. The molecule has 18 heteroatoms. The monoisotopic (exact) mass is 702 g/mol. The number of fused-ring (bicyclic) bond motifs is 4. The summed E-state index contributed by atoms with van der Waals surface area (Å²) in [5.41, 5.74) is -1.22. The van der Waals surface area contributed by atoms with Crippen molar-refractivity contribution >= 4 is 45.3 Å². The van der Waals surface area contributed by atoms with E-state index in [4.69, 9.17) is 0 Å². The summed E-state index contributed by atoms with van der Waals surface area (Å²) in [6, 6.07) is -2.16. The van der Waals surface area contributed by atoms with Crippen LogP contribution in [0.1, 0.15) is 39.8 Å². The molecule has 0 saturated carbocycles. The average Bonchev–Trinajstić information content (AvgIpc) is 3.82. The van der Waals surface area contributed by atoms with Gasteiger partial charge < -0.3 is 20.4 Å². The number of nitrogens with zero attached hydrogens (tertiary/aromatic N) is 8. The van der Waals surface area contributed by atoms with E-state index < -0.39 is 71.0 Å². The lowest BCUT2D eigenvalue weighted by Crippen LogP contribution is -2.59. The van der Waals surface area contributed by atoms with E-state index in [-0.39, 0.29) is 21.2 Å². The maximum Gasteiger partial charge on any atom is 0.311 e. The lowest BCUT2D eigenvalue weighted by Gasteiger charge is -2.30. The Bertz CT molecular complexity index is 1880. The normalized spacial score (nSPS) is 28.1. The Morgan fingerprint density at radius 1 is 0.771 bits per heavy atom. The molecule has 0 aromatic carbocycles. The molecule has 8 atom stereocenters. The summed E-state index contributed by atoms with van der Waals surface area (Å²) in [5.74, 6) is -6.69. The molecule has 0 saturated heterocycles. The number of carbonyl (C=O) groups is 2. The molecule has 0 radical (unpaired) electrons. The number of carboxylic acid groups (broad SMARTS) is 2. The highest BCUT2D eigenvalue weighted by molar-refractivity contribution is 8.08. The van der Waals surface area contributed by atoms with Gasteiger partial charge in [0.15, 0.2) is 0 Å². The van der Waals surface area contributed by atoms with Gasteiger partial charge in [0.05, 0.1) is 47.9 Å². The van der Waals surface area contributed by atoms with Gasteiger partial charge in [-0.25, -0.2) is 0 Å². The van der Waals surface area contributed by atoms with Gasteiger partial charge in [-0.2, -0.15) is 18.7 Å². The number of aliphatic hydroxyl groups is 2. The molecule has 3 aromatic rings. The molecule has 0 fully saturated rings. The molecule has 0 aliphatic carbocycles. The van der Waals surface area contributed by atoms with Crippen molar-refractivity contribution < 1.29 is 39.4 Å². The van der Waals surface area contributed by atoms with E-state index >= 15 is 0 Å². The quantitative estimate of drug-likeness (QED) is 0.160. The van der Waals surface area contributed by atoms with Gasteiger partial charge in [0.2, 0.25) is 12.7 Å². The van der Waals surface area contributed by atoms with Crippen LogP contribution in [0.2, 0.25) is 0 Å². The third-order valence-corrected chi connectivity index (χ3v) is 13.1. The molecule has 7 heterocycles. The first kappa shape index (κ1) is 32.8. The Labute approximate surface area is 281 Å². The van der Waals surface area contributed by atoms with Crippen LogP contribution < -0.4 is 31.2 Å². The Morgan fingerprint density at radius 2 is 1.15 bits per heavy atom. The van der Waals surface area contributed by atoms with Gasteiger partial charge in [0.25, 0.3) is 11.1 Å². The van der Waals surface area contributed by atoms with Gasteiger partial charge in [0.1, 0.15) is 35.6 Å². The second kappa shape index (κ2) is 12.0. The van der Waals surface area contributed by atoms with Crippen LogP contribution >= 0.6 is 23.5 Å². The van der Waals surface area contributed by atoms with Gasteiger partial charge >= 0.3 is 24.6 Å². The van der Waals surface area contributed by atoms with Gasteiger partial charge in [0, 0.05) is 21.6 Å². The van der Waals surface area contributed by atoms with Crippen LogP contribution in [0.5, 0.6) is 0 Å². The maximum absolute atomic E-state index is 15.0. The van der Waals surface area contributed by atoms with Crippen LogP contribution in [0.15, 0.2) is 34.9 Å². The second-order valence-corrected chi connectivity index (χ2v) is 16.0. The minimum atomic E-state index is -1.41. The van der Waals surface area contributed by atoms with Gasteiger partial charge in [-0.1, -0.05) is 13.8 Å². The largest absolute Gasteiger partial charge is 0.481 e. The van der Waals surface area contributed by atoms with Crippen molar-refractivity contribution in [1.82, 2.24) is 28.5 Å². The van der Waals surface area contributed by atoms with Crippen molar-refractivity contribution in [3.63, 3.8) is 0 Å². The molecule has 16 nitrogen and oxygen atoms in total. The van der Waals surface area contributed by atoms with Crippen LogP contribution in [0, 0.1) is 23.7 Å². The van der Waals surface area contributed by atoms with Crippen molar-refractivity contribution in [2.75, 3.05) is 0 Å². The summed E-state index contributed by atoms with van der Waals surface area (Å²) in [5, 5.41) is 42.1. The fourth-order valence-electron chi connectivity index (χ4n) is 8.09. The molecule has 4 N–H and O–H groups in total. The molecule has 0 spiro atoms. The zero-order chi connectivity index (χ0) is 34.3. The van der Waals surface area contributed by atoms with Gasteiger partial charge in [-0.05, 0) is 23.8 Å². The molecule has 3 aromatic heterocycles. The number of aromatic nitrogens is 8. The van der Waals surface area contributed by atoms with Crippen molar-refractivity contribution in [3.8, 4) is 0 Å². The van der Waals surface area contributed by atoms with Crippen molar-refractivity contribution in [1.29, 1.82) is 0 Å². The zero-order valence-corrected chi connectivity index (χ0v) is 28.4. The van der Waals surface area contributed by atoms with Crippen LogP contribution in [-0.4, -0.2) is 83.5 Å². The van der Waals surface area contributed by atoms with Crippen LogP contribution in [0.4, 0.5) is 0 Å². The van der Waals surface area contributed by atoms with Crippen molar-refractivity contribution in [2.45, 2.75) is 88.7 Å². The van der Waals surface area contributed by atoms with E-state index in [1.807, 2.05) is 18.7 Å². The predicted octanol–water partition coefficient (Wildman–Crippen LogP) is -2.63. The molecule has 4 aliphatic rings. The lowest BCUT2D eigenvalue weighted by atomic mass is 9.87. The number of aliphatic carboxylic acids is 2. The number of carboxylic acids is 2. The summed E-state index contributed by atoms with van der Waals surface area (Å²) in [6.07, 6.45) is 4.08. The van der Waals surface area contributed by atoms with Crippen molar-refractivity contribution in [3.05, 3.63) is 56.7 Å². The fourth-order valence-corrected chi connectivity index (χ4v) is 11.0. The standard InChI is InChI=1S/C30H36N8O8S2/c1-13-21(19(15(3)39)29(43)44)37-23(25(13)47-17-5-33-9-31-10-34(33)6-17)27(41)38-22(20(16(4)40)30(45)46)14(2)26(24(38)28(37)42)48-18-7-35-11-32-12-36(35)8-18/h9-22,39-40H,5-8H2,1-4H3/p+2/t13-,14-,15-,16-,19-,20?,21-,22-/m1/s1. The molecular formula is C30H38N8O8S2+2. The lowest BCUT2D eigenvalue weighted by molar-refractivity contribution is -0.758. The summed E-state index contributed by atoms with van der Waals surface area (Å²) >= 11 is 2.79. The Balaban J connectivity index is 1.48. The third kappa shape index (κ3) is 4.97. The van der Waals surface area contributed by atoms with E-state index in [1.165, 1.54) is 46.5 Å². The number of hydrogen-bond acceptors (Lipinski definition) is 10. The first-order valence-electron chi connectivity index (χ1n) is 15.9. The van der Waals surface area contributed by atoms with E-state index in [2.05, 4.69) is 9.97 Å². The predicted molar refractivity (Wildman–Crippen MR) is 171 cm³/mol. The van der Waals surface area contributed by atoms with Gasteiger partial charge in [-0.3, -0.25) is 28.3 Å². The van der Waals surface area contributed by atoms with E-state index in [0.717, 1.165) is 0 Å². The molecule has 0 bridgehead atoms. The second-order valence-electron chi connectivity index (χ2n) is 13.3. The first-order valence-corrected chi connectivity index (χ1v) is 17.7. The zero-order valence-electron chi connectivity index (χ0n) is 26.7. The molecule has 0 amide bonds. The summed E-state index contributed by atoms with van der Waals surface area (Å²) in [4.78, 5) is 64.7. The van der Waals surface area contributed by atoms with Crippen molar-refractivity contribution in [2.24, 2.45) is 23.7 Å². The average molecular weight is 703 g/mol. The Hall–Kier alpha value is -3.74. The molecule has 256 valence electrons. The fraction of sp³-hybridized carbons (Fsp3) is 0.600. The van der Waals surface area contributed by atoms with E-state index in [0.29, 0.717) is 36.0 Å². The van der Waals surface area contributed by atoms with Gasteiger partial charge in [-0.15, -0.1) is 23.5 Å². The minimum Gasteiger partial charge on any atom is -0.481 e. The highest BCUT2D eigenvalue weighted by atomic mass is 32.2. The number of thioether (sulfide) groups is 2. The minimum absolute atomic E-state index is 0.00877. The molecular weight excluding hydrogens is 665 g/mol. The number of hydrogen-bond donors (Lipinski definition) is 4. The third-order valence-electron chi connectivity index (χ3n) is 10.2. The summed E-state index contributed by atoms with van der Waals surface area (Å²) in [6.45, 7) is 8.53. The van der Waals surface area contributed by atoms with Crippen LogP contribution in [0.25, 0.3) is 9.81 Å². The van der Waals surface area contributed by atoms with E-state index in [1.54, 1.807) is 39.2 Å². The maximum atomic E-state index is 15.0. The van der Waals surface area contributed by atoms with Crippen LogP contribution in [-0.2, 0) is 35.8 Å². The first-order chi connectivity index (χ1) is 22.8. The Kier molecular flexibility index (Phi) is 8.19. The number of rotatable bonds is 10. The van der Waals surface area contributed by atoms with E-state index in [9.17, 15) is 39.6 Å². The summed E-state index contributed by atoms with van der Waals surface area (Å²) in [7, 11) is 0. The molecule has 1 unspecified atom stereocenters. The molecule has 7 rings (SSSR count). The highest BCUT2D eigenvalue weighted by Gasteiger charge is 2.50. The topological polar surface area (TPSA) is 202 Å². The van der Waals surface area contributed by atoms with Crippen LogP contribution in [0.3, 0.4) is 0 Å².